The minimum Gasteiger partial charge on any atom is -0.298 e. The lowest BCUT2D eigenvalue weighted by Crippen LogP contribution is -2.08. The van der Waals surface area contributed by atoms with Crippen molar-refractivity contribution in [1.29, 1.82) is 0 Å². The van der Waals surface area contributed by atoms with Gasteiger partial charge < -0.3 is 0 Å². The van der Waals surface area contributed by atoms with E-state index >= 15 is 0 Å². The lowest BCUT2D eigenvalue weighted by atomic mass is 10.0. The molecule has 0 N–H and O–H groups in total. The number of rotatable bonds is 1. The van der Waals surface area contributed by atoms with Gasteiger partial charge in [-0.05, 0) is 32.0 Å². The van der Waals surface area contributed by atoms with E-state index in [-0.39, 0.29) is 0 Å². The molecule has 0 bridgehead atoms. The minimum atomic E-state index is 0.588. The molecule has 2 aromatic carbocycles. The van der Waals surface area contributed by atoms with Crippen molar-refractivity contribution < 1.29 is 0 Å². The average Bonchev–Trinajstić information content (AvgIpc) is 2.75. The molecule has 0 saturated heterocycles. The van der Waals surface area contributed by atoms with E-state index in [9.17, 15) is 0 Å². The third-order valence-electron chi connectivity index (χ3n) is 4.29. The van der Waals surface area contributed by atoms with Crippen LogP contribution in [0, 0.1) is 13.8 Å². The SMILES string of the molecule is Cc1nc2n(c1C)-c1ccc(Br)cc1C(c1ccccc1)=NC2. The van der Waals surface area contributed by atoms with E-state index in [1.807, 2.05) is 18.2 Å². The standard InChI is InChI=1S/C19H16BrN3/c1-12-13(2)23-17-9-8-15(20)10-16(17)19(21-11-18(23)22-12)14-6-4-3-5-7-14/h3-10H,11H2,1-2H3. The van der Waals surface area contributed by atoms with Crippen molar-refractivity contribution in [2.24, 2.45) is 4.99 Å². The molecule has 0 fully saturated rings. The van der Waals surface area contributed by atoms with Crippen LogP contribution in [0.25, 0.3) is 5.69 Å². The smallest absolute Gasteiger partial charge is 0.135 e. The van der Waals surface area contributed by atoms with Crippen LogP contribution in [0.1, 0.15) is 28.3 Å². The van der Waals surface area contributed by atoms with Gasteiger partial charge in [-0.25, -0.2) is 4.98 Å². The summed E-state index contributed by atoms with van der Waals surface area (Å²) in [6.45, 7) is 4.76. The molecular formula is C19H16BrN3. The van der Waals surface area contributed by atoms with Gasteiger partial charge in [-0.15, -0.1) is 0 Å². The van der Waals surface area contributed by atoms with Gasteiger partial charge in [0.2, 0.25) is 0 Å². The quantitative estimate of drug-likeness (QED) is 0.619. The number of aliphatic imine (C=N–C) groups is 1. The molecule has 114 valence electrons. The summed E-state index contributed by atoms with van der Waals surface area (Å²) in [5.41, 5.74) is 6.66. The van der Waals surface area contributed by atoms with E-state index in [1.54, 1.807) is 0 Å². The Kier molecular flexibility index (Phi) is 3.42. The fraction of sp³-hybridized carbons (Fsp3) is 0.158. The molecule has 1 aliphatic heterocycles. The normalized spacial score (nSPS) is 13.1. The molecule has 3 nitrogen and oxygen atoms in total. The largest absolute Gasteiger partial charge is 0.298 e. The van der Waals surface area contributed by atoms with Crippen LogP contribution in [0.5, 0.6) is 0 Å². The predicted molar refractivity (Wildman–Crippen MR) is 96.5 cm³/mol. The summed E-state index contributed by atoms with van der Waals surface area (Å²) >= 11 is 3.60. The van der Waals surface area contributed by atoms with Crippen LogP contribution < -0.4 is 0 Å². The number of halogens is 1. The highest BCUT2D eigenvalue weighted by atomic mass is 79.9. The fourth-order valence-electron chi connectivity index (χ4n) is 3.08. The van der Waals surface area contributed by atoms with E-state index in [2.05, 4.69) is 64.7 Å². The molecule has 4 heteroatoms. The first-order valence-electron chi connectivity index (χ1n) is 7.60. The molecule has 0 unspecified atom stereocenters. The first-order valence-corrected chi connectivity index (χ1v) is 8.39. The molecule has 0 amide bonds. The van der Waals surface area contributed by atoms with Crippen LogP contribution in [-0.2, 0) is 6.54 Å². The molecule has 0 atom stereocenters. The van der Waals surface area contributed by atoms with Crippen molar-refractivity contribution in [3.05, 3.63) is 81.3 Å². The lowest BCUT2D eigenvalue weighted by Gasteiger charge is -2.14. The van der Waals surface area contributed by atoms with Gasteiger partial charge in [0.1, 0.15) is 5.82 Å². The highest BCUT2D eigenvalue weighted by Gasteiger charge is 2.22. The van der Waals surface area contributed by atoms with E-state index in [0.717, 1.165) is 38.5 Å². The maximum absolute atomic E-state index is 4.88. The van der Waals surface area contributed by atoms with Gasteiger partial charge in [-0.2, -0.15) is 0 Å². The summed E-state index contributed by atoms with van der Waals surface area (Å²) in [6, 6.07) is 16.7. The number of hydrogen-bond acceptors (Lipinski definition) is 2. The number of aryl methyl sites for hydroxylation is 1. The van der Waals surface area contributed by atoms with Gasteiger partial charge in [0.15, 0.2) is 0 Å². The third kappa shape index (κ3) is 2.34. The Morgan fingerprint density at radius 1 is 1.04 bits per heavy atom. The molecule has 0 radical (unpaired) electrons. The van der Waals surface area contributed by atoms with E-state index in [4.69, 9.17) is 9.98 Å². The first-order chi connectivity index (χ1) is 11.1. The fourth-order valence-corrected chi connectivity index (χ4v) is 3.44. The Hall–Kier alpha value is -2.20. The van der Waals surface area contributed by atoms with E-state index in [1.165, 1.54) is 5.69 Å². The van der Waals surface area contributed by atoms with Crippen molar-refractivity contribution in [1.82, 2.24) is 9.55 Å². The van der Waals surface area contributed by atoms with E-state index < -0.39 is 0 Å². The number of hydrogen-bond donors (Lipinski definition) is 0. The first kappa shape index (κ1) is 14.4. The minimum absolute atomic E-state index is 0.588. The zero-order chi connectivity index (χ0) is 16.0. The maximum Gasteiger partial charge on any atom is 0.135 e. The molecule has 2 heterocycles. The second kappa shape index (κ2) is 5.46. The Bertz CT molecular complexity index is 923. The van der Waals surface area contributed by atoms with Gasteiger partial charge >= 0.3 is 0 Å². The zero-order valence-electron chi connectivity index (χ0n) is 13.0. The van der Waals surface area contributed by atoms with Crippen molar-refractivity contribution >= 4 is 21.6 Å². The molecule has 0 saturated carbocycles. The summed E-state index contributed by atoms with van der Waals surface area (Å²) in [6.07, 6.45) is 0. The second-order valence-corrected chi connectivity index (χ2v) is 6.64. The number of aromatic nitrogens is 2. The Balaban J connectivity index is 2.02. The van der Waals surface area contributed by atoms with Gasteiger partial charge in [-0.1, -0.05) is 46.3 Å². The van der Waals surface area contributed by atoms with Crippen LogP contribution in [0.3, 0.4) is 0 Å². The van der Waals surface area contributed by atoms with Gasteiger partial charge in [0.25, 0.3) is 0 Å². The molecule has 23 heavy (non-hydrogen) atoms. The van der Waals surface area contributed by atoms with E-state index in [0.29, 0.717) is 6.54 Å². The average molecular weight is 366 g/mol. The highest BCUT2D eigenvalue weighted by molar-refractivity contribution is 9.10. The predicted octanol–water partition coefficient (Wildman–Crippen LogP) is 4.60. The van der Waals surface area contributed by atoms with Crippen LogP contribution >= 0.6 is 15.9 Å². The van der Waals surface area contributed by atoms with Crippen molar-refractivity contribution in [3.63, 3.8) is 0 Å². The zero-order valence-corrected chi connectivity index (χ0v) is 14.6. The Labute approximate surface area is 143 Å². The van der Waals surface area contributed by atoms with Crippen LogP contribution in [0.15, 0.2) is 58.0 Å². The van der Waals surface area contributed by atoms with Crippen molar-refractivity contribution in [2.45, 2.75) is 20.4 Å². The van der Waals surface area contributed by atoms with Crippen LogP contribution in [0.2, 0.25) is 0 Å². The molecule has 3 aromatic rings. The Morgan fingerprint density at radius 2 is 1.83 bits per heavy atom. The summed E-state index contributed by atoms with van der Waals surface area (Å²) in [5.74, 6) is 0.995. The number of imidazole rings is 1. The monoisotopic (exact) mass is 365 g/mol. The summed E-state index contributed by atoms with van der Waals surface area (Å²) in [7, 11) is 0. The molecule has 4 rings (SSSR count). The number of nitrogens with zero attached hydrogens (tertiary/aromatic N) is 3. The highest BCUT2D eigenvalue weighted by Crippen LogP contribution is 2.29. The molecular weight excluding hydrogens is 350 g/mol. The molecule has 0 aliphatic carbocycles. The second-order valence-electron chi connectivity index (χ2n) is 5.73. The summed E-state index contributed by atoms with van der Waals surface area (Å²) in [5, 5.41) is 0. The Morgan fingerprint density at radius 3 is 2.61 bits per heavy atom. The summed E-state index contributed by atoms with van der Waals surface area (Å²) in [4.78, 5) is 9.59. The molecule has 0 spiro atoms. The van der Waals surface area contributed by atoms with Crippen molar-refractivity contribution in [2.75, 3.05) is 0 Å². The molecule has 1 aliphatic rings. The number of fused-ring (bicyclic) bond motifs is 3. The molecule has 1 aromatic heterocycles. The van der Waals surface area contributed by atoms with Crippen LogP contribution in [-0.4, -0.2) is 15.3 Å². The topological polar surface area (TPSA) is 30.2 Å². The lowest BCUT2D eigenvalue weighted by molar-refractivity contribution is 0.863. The number of benzene rings is 2. The third-order valence-corrected chi connectivity index (χ3v) is 4.79. The summed E-state index contributed by atoms with van der Waals surface area (Å²) < 4.78 is 3.29. The van der Waals surface area contributed by atoms with Gasteiger partial charge in [0.05, 0.1) is 23.6 Å². The van der Waals surface area contributed by atoms with Gasteiger partial charge in [-0.3, -0.25) is 9.56 Å². The van der Waals surface area contributed by atoms with Gasteiger partial charge in [0, 0.05) is 21.3 Å². The maximum atomic E-state index is 4.88. The van der Waals surface area contributed by atoms with Crippen molar-refractivity contribution in [3.8, 4) is 5.69 Å². The van der Waals surface area contributed by atoms with Crippen LogP contribution in [0.4, 0.5) is 0 Å².